The molecule has 1 aromatic carbocycles. The average Bonchev–Trinajstić information content (AvgIpc) is 2.34. The molecule has 0 saturated heterocycles. The Labute approximate surface area is 117 Å². The minimum absolute atomic E-state index is 0.0390. The largest absolute Gasteiger partial charge is 0.383 e. The highest BCUT2D eigenvalue weighted by Crippen LogP contribution is 2.24. The van der Waals surface area contributed by atoms with Gasteiger partial charge in [-0.05, 0) is 26.0 Å². The average molecular weight is 297 g/mol. The smallest absolute Gasteiger partial charge is 0.289 e. The molecule has 108 valence electrons. The third-order valence-electron chi connectivity index (χ3n) is 3.04. The van der Waals surface area contributed by atoms with Crippen LogP contribution in [0.5, 0.6) is 0 Å². The number of nitro benzene ring substituents is 1. The van der Waals surface area contributed by atoms with Crippen molar-refractivity contribution in [3.8, 4) is 6.07 Å². The summed E-state index contributed by atoms with van der Waals surface area (Å²) in [7, 11) is -3.26. The first-order chi connectivity index (χ1) is 9.08. The zero-order valence-corrected chi connectivity index (χ0v) is 12.2. The first kappa shape index (κ1) is 15.9. The Morgan fingerprint density at radius 3 is 2.50 bits per heavy atom. The number of rotatable bonds is 5. The van der Waals surface area contributed by atoms with E-state index < -0.39 is 19.5 Å². The number of anilines is 1. The van der Waals surface area contributed by atoms with Crippen molar-refractivity contribution in [1.29, 1.82) is 5.26 Å². The number of benzene rings is 1. The molecule has 0 aromatic heterocycles. The molecule has 0 aliphatic rings. The van der Waals surface area contributed by atoms with Crippen LogP contribution in [0.4, 0.5) is 11.4 Å². The van der Waals surface area contributed by atoms with Crippen LogP contribution in [0.2, 0.25) is 0 Å². The lowest BCUT2D eigenvalue weighted by Gasteiger charge is -2.23. The van der Waals surface area contributed by atoms with E-state index in [2.05, 4.69) is 5.32 Å². The van der Waals surface area contributed by atoms with Crippen LogP contribution < -0.4 is 5.32 Å². The molecular formula is C12H15N3O4S. The van der Waals surface area contributed by atoms with Gasteiger partial charge in [-0.15, -0.1) is 0 Å². The lowest BCUT2D eigenvalue weighted by atomic mass is 10.1. The normalized spacial score (nSPS) is 11.7. The Morgan fingerprint density at radius 2 is 2.05 bits per heavy atom. The van der Waals surface area contributed by atoms with Gasteiger partial charge in [0.1, 0.15) is 11.6 Å². The zero-order chi connectivity index (χ0) is 15.6. The van der Waals surface area contributed by atoms with E-state index in [1.807, 2.05) is 0 Å². The Balaban J connectivity index is 2.99. The van der Waals surface area contributed by atoms with Gasteiger partial charge in [0.25, 0.3) is 5.69 Å². The van der Waals surface area contributed by atoms with E-state index in [9.17, 15) is 18.5 Å². The first-order valence-corrected chi connectivity index (χ1v) is 7.59. The molecule has 0 heterocycles. The summed E-state index contributed by atoms with van der Waals surface area (Å²) >= 11 is 0. The molecule has 0 radical (unpaired) electrons. The number of nitro groups is 1. The van der Waals surface area contributed by atoms with Crippen LogP contribution >= 0.6 is 0 Å². The van der Waals surface area contributed by atoms with E-state index >= 15 is 0 Å². The monoisotopic (exact) mass is 297 g/mol. The number of nitrogens with one attached hydrogen (secondary N) is 1. The van der Waals surface area contributed by atoms with Crippen molar-refractivity contribution >= 4 is 21.2 Å². The Bertz CT molecular complexity index is 674. The van der Waals surface area contributed by atoms with Gasteiger partial charge in [-0.1, -0.05) is 0 Å². The van der Waals surface area contributed by atoms with Gasteiger partial charge in [0.15, 0.2) is 9.84 Å². The fraction of sp³-hybridized carbons (Fsp3) is 0.417. The topological polar surface area (TPSA) is 113 Å². The molecule has 1 rings (SSSR count). The van der Waals surface area contributed by atoms with Gasteiger partial charge in [0.2, 0.25) is 0 Å². The molecule has 1 N–H and O–H groups in total. The summed E-state index contributed by atoms with van der Waals surface area (Å²) in [5, 5.41) is 22.4. The second kappa shape index (κ2) is 5.46. The maximum atomic E-state index is 11.6. The van der Waals surface area contributed by atoms with Crippen molar-refractivity contribution in [3.05, 3.63) is 33.9 Å². The maximum Gasteiger partial charge on any atom is 0.289 e. The van der Waals surface area contributed by atoms with Crippen LogP contribution in [0.25, 0.3) is 0 Å². The van der Waals surface area contributed by atoms with Crippen LogP contribution in [-0.4, -0.2) is 30.9 Å². The summed E-state index contributed by atoms with van der Waals surface area (Å²) in [6.45, 7) is 3.23. The predicted octanol–water partition coefficient (Wildman–Crippen LogP) is 1.70. The van der Waals surface area contributed by atoms with E-state index in [-0.39, 0.29) is 17.8 Å². The predicted molar refractivity (Wildman–Crippen MR) is 75.2 cm³/mol. The molecule has 0 bridgehead atoms. The Morgan fingerprint density at radius 1 is 1.45 bits per heavy atom. The van der Waals surface area contributed by atoms with Crippen molar-refractivity contribution in [2.45, 2.75) is 18.6 Å². The van der Waals surface area contributed by atoms with E-state index in [1.54, 1.807) is 19.9 Å². The molecule has 8 heteroatoms. The summed E-state index contributed by atoms with van der Waals surface area (Å²) in [5.74, 6) is 0. The fourth-order valence-corrected chi connectivity index (χ4v) is 1.67. The van der Waals surface area contributed by atoms with Gasteiger partial charge in [-0.25, -0.2) is 8.42 Å². The Kier molecular flexibility index (Phi) is 4.35. The van der Waals surface area contributed by atoms with Gasteiger partial charge in [0.05, 0.1) is 9.67 Å². The van der Waals surface area contributed by atoms with Crippen LogP contribution in [0.1, 0.15) is 19.4 Å². The molecule has 0 amide bonds. The van der Waals surface area contributed by atoms with Gasteiger partial charge in [-0.3, -0.25) is 10.1 Å². The van der Waals surface area contributed by atoms with Crippen LogP contribution in [0, 0.1) is 21.4 Å². The number of hydrogen-bond acceptors (Lipinski definition) is 6. The minimum Gasteiger partial charge on any atom is -0.383 e. The molecule has 0 atom stereocenters. The second-order valence-electron chi connectivity index (χ2n) is 4.99. The second-order valence-corrected chi connectivity index (χ2v) is 7.64. The van der Waals surface area contributed by atoms with Crippen molar-refractivity contribution in [2.24, 2.45) is 0 Å². The zero-order valence-electron chi connectivity index (χ0n) is 11.4. The van der Waals surface area contributed by atoms with Crippen molar-refractivity contribution in [1.82, 2.24) is 0 Å². The van der Waals surface area contributed by atoms with E-state index in [4.69, 9.17) is 5.26 Å². The highest BCUT2D eigenvalue weighted by Gasteiger charge is 2.30. The molecule has 20 heavy (non-hydrogen) atoms. The fourth-order valence-electron chi connectivity index (χ4n) is 1.33. The van der Waals surface area contributed by atoms with Crippen molar-refractivity contribution in [2.75, 3.05) is 18.1 Å². The molecule has 0 fully saturated rings. The van der Waals surface area contributed by atoms with Gasteiger partial charge in [-0.2, -0.15) is 5.26 Å². The number of nitriles is 1. The molecule has 0 saturated carbocycles. The maximum absolute atomic E-state index is 11.6. The van der Waals surface area contributed by atoms with Gasteiger partial charge < -0.3 is 5.32 Å². The number of nitrogens with zero attached hydrogens (tertiary/aromatic N) is 2. The standard InChI is InChI=1S/C12H15N3O4S/c1-12(2,20(3,18)19)8-14-10-5-4-9(7-13)11(6-10)15(16)17/h4-6,14H,8H2,1-3H3. The summed E-state index contributed by atoms with van der Waals surface area (Å²) < 4.78 is 22.1. The lowest BCUT2D eigenvalue weighted by molar-refractivity contribution is -0.385. The van der Waals surface area contributed by atoms with E-state index in [0.29, 0.717) is 5.69 Å². The number of hydrogen-bond donors (Lipinski definition) is 1. The summed E-state index contributed by atoms with van der Waals surface area (Å²) in [5.41, 5.74) is 0.0463. The first-order valence-electron chi connectivity index (χ1n) is 5.70. The molecule has 7 nitrogen and oxygen atoms in total. The van der Waals surface area contributed by atoms with Gasteiger partial charge in [0, 0.05) is 24.6 Å². The quantitative estimate of drug-likeness (QED) is 0.653. The summed E-state index contributed by atoms with van der Waals surface area (Å²) in [4.78, 5) is 10.2. The highest BCUT2D eigenvalue weighted by molar-refractivity contribution is 7.92. The SMILES string of the molecule is CC(C)(CNc1ccc(C#N)c([N+](=O)[O-])c1)S(C)(=O)=O. The van der Waals surface area contributed by atoms with Crippen molar-refractivity contribution < 1.29 is 13.3 Å². The van der Waals surface area contributed by atoms with Gasteiger partial charge >= 0.3 is 0 Å². The summed E-state index contributed by atoms with van der Waals surface area (Å²) in [6, 6.07) is 5.79. The van der Waals surface area contributed by atoms with Crippen LogP contribution in [0.15, 0.2) is 18.2 Å². The molecular weight excluding hydrogens is 282 g/mol. The lowest BCUT2D eigenvalue weighted by Crippen LogP contribution is -2.38. The Hall–Kier alpha value is -2.14. The number of sulfone groups is 1. The molecule has 0 unspecified atom stereocenters. The van der Waals surface area contributed by atoms with Crippen LogP contribution in [0.3, 0.4) is 0 Å². The van der Waals surface area contributed by atoms with Crippen molar-refractivity contribution in [3.63, 3.8) is 0 Å². The molecule has 0 aliphatic carbocycles. The summed E-state index contributed by atoms with van der Waals surface area (Å²) in [6.07, 6.45) is 1.13. The molecule has 0 aliphatic heterocycles. The van der Waals surface area contributed by atoms with E-state index in [0.717, 1.165) is 6.26 Å². The minimum atomic E-state index is -3.26. The molecule has 1 aromatic rings. The molecule has 0 spiro atoms. The van der Waals surface area contributed by atoms with E-state index in [1.165, 1.54) is 18.2 Å². The third-order valence-corrected chi connectivity index (χ3v) is 5.19. The van der Waals surface area contributed by atoms with Crippen LogP contribution in [-0.2, 0) is 9.84 Å². The third kappa shape index (κ3) is 3.45. The highest BCUT2D eigenvalue weighted by atomic mass is 32.2.